The van der Waals surface area contributed by atoms with Crippen molar-refractivity contribution in [1.29, 1.82) is 0 Å². The second-order valence-electron chi connectivity index (χ2n) is 5.80. The van der Waals surface area contributed by atoms with Crippen LogP contribution in [0.4, 0.5) is 5.82 Å². The summed E-state index contributed by atoms with van der Waals surface area (Å²) in [4.78, 5) is 20.4. The summed E-state index contributed by atoms with van der Waals surface area (Å²) >= 11 is 1.72. The van der Waals surface area contributed by atoms with E-state index in [1.165, 1.54) is 5.56 Å². The molecule has 0 aliphatic rings. The van der Waals surface area contributed by atoms with E-state index in [0.29, 0.717) is 11.6 Å². The summed E-state index contributed by atoms with van der Waals surface area (Å²) in [6, 6.07) is 6.03. The number of carbonyl (C=O) groups excluding carboxylic acids is 1. The molecule has 1 unspecified atom stereocenters. The Hall–Kier alpha value is -1.92. The highest BCUT2D eigenvalue weighted by Gasteiger charge is 2.18. The van der Waals surface area contributed by atoms with Crippen molar-refractivity contribution in [1.82, 2.24) is 14.8 Å². The van der Waals surface area contributed by atoms with Gasteiger partial charge in [0.15, 0.2) is 0 Å². The first-order chi connectivity index (χ1) is 11.6. The predicted octanol–water partition coefficient (Wildman–Crippen LogP) is 3.34. The molecule has 0 spiro atoms. The lowest BCUT2D eigenvalue weighted by Gasteiger charge is -2.29. The van der Waals surface area contributed by atoms with Crippen LogP contribution in [0.3, 0.4) is 0 Å². The summed E-state index contributed by atoms with van der Waals surface area (Å²) in [5, 5.41) is 7.71. The van der Waals surface area contributed by atoms with E-state index in [1.807, 2.05) is 6.07 Å². The van der Waals surface area contributed by atoms with Crippen LogP contribution < -0.4 is 5.32 Å². The molecule has 6 heteroatoms. The maximum Gasteiger partial charge on any atom is 0.253 e. The SMILES string of the molecule is CCN(CC)C(CNc1cc(C(=O)N(C)C)ccn1)c1ccsc1. The molecule has 1 atom stereocenters. The van der Waals surface area contributed by atoms with Gasteiger partial charge in [-0.1, -0.05) is 13.8 Å². The number of carbonyl (C=O) groups is 1. The minimum atomic E-state index is -0.0152. The Bertz CT molecular complexity index is 638. The fourth-order valence-corrected chi connectivity index (χ4v) is 3.41. The monoisotopic (exact) mass is 346 g/mol. The molecule has 2 rings (SSSR count). The fraction of sp³-hybridized carbons (Fsp3) is 0.444. The summed E-state index contributed by atoms with van der Waals surface area (Å²) < 4.78 is 0. The second-order valence-corrected chi connectivity index (χ2v) is 6.58. The lowest BCUT2D eigenvalue weighted by molar-refractivity contribution is 0.0827. The molecule has 0 bridgehead atoms. The Morgan fingerprint density at radius 1 is 1.29 bits per heavy atom. The van der Waals surface area contributed by atoms with Crippen molar-refractivity contribution in [2.45, 2.75) is 19.9 Å². The summed E-state index contributed by atoms with van der Waals surface area (Å²) in [7, 11) is 3.51. The van der Waals surface area contributed by atoms with E-state index in [4.69, 9.17) is 0 Å². The average Bonchev–Trinajstić information content (AvgIpc) is 3.12. The van der Waals surface area contributed by atoms with Crippen LogP contribution in [0.15, 0.2) is 35.2 Å². The largest absolute Gasteiger partial charge is 0.368 e. The van der Waals surface area contributed by atoms with Crippen molar-refractivity contribution in [3.8, 4) is 0 Å². The number of likely N-dealkylation sites (N-methyl/N-ethyl adjacent to an activating group) is 1. The quantitative estimate of drug-likeness (QED) is 0.796. The van der Waals surface area contributed by atoms with Gasteiger partial charge in [0.2, 0.25) is 0 Å². The van der Waals surface area contributed by atoms with E-state index in [1.54, 1.807) is 42.6 Å². The highest BCUT2D eigenvalue weighted by atomic mass is 32.1. The molecule has 0 radical (unpaired) electrons. The van der Waals surface area contributed by atoms with Gasteiger partial charge in [-0.2, -0.15) is 11.3 Å². The molecule has 2 aromatic heterocycles. The van der Waals surface area contributed by atoms with E-state index in [9.17, 15) is 4.79 Å². The van der Waals surface area contributed by atoms with E-state index < -0.39 is 0 Å². The molecule has 5 nitrogen and oxygen atoms in total. The molecular weight excluding hydrogens is 320 g/mol. The Balaban J connectivity index is 2.12. The van der Waals surface area contributed by atoms with Crippen LogP contribution in [0.2, 0.25) is 0 Å². The summed E-state index contributed by atoms with van der Waals surface area (Å²) in [5.74, 6) is 0.716. The molecule has 2 aromatic rings. The van der Waals surface area contributed by atoms with Crippen molar-refractivity contribution < 1.29 is 4.79 Å². The van der Waals surface area contributed by atoms with Crippen LogP contribution in [-0.2, 0) is 0 Å². The van der Waals surface area contributed by atoms with Crippen molar-refractivity contribution >= 4 is 23.1 Å². The molecule has 0 aliphatic heterocycles. The van der Waals surface area contributed by atoms with Crippen LogP contribution in [-0.4, -0.2) is 54.4 Å². The van der Waals surface area contributed by atoms with Gasteiger partial charge in [-0.3, -0.25) is 9.69 Å². The van der Waals surface area contributed by atoms with Gasteiger partial charge in [0.05, 0.1) is 6.04 Å². The van der Waals surface area contributed by atoms with Gasteiger partial charge in [0.25, 0.3) is 5.91 Å². The van der Waals surface area contributed by atoms with Crippen molar-refractivity contribution in [2.24, 2.45) is 0 Å². The lowest BCUT2D eigenvalue weighted by atomic mass is 10.1. The van der Waals surface area contributed by atoms with Crippen molar-refractivity contribution in [3.63, 3.8) is 0 Å². The number of pyridine rings is 1. The van der Waals surface area contributed by atoms with Gasteiger partial charge in [-0.25, -0.2) is 4.98 Å². The fourth-order valence-electron chi connectivity index (χ4n) is 2.71. The third-order valence-corrected chi connectivity index (χ3v) is 4.77. The van der Waals surface area contributed by atoms with E-state index in [0.717, 1.165) is 25.5 Å². The zero-order chi connectivity index (χ0) is 17.5. The molecule has 2 heterocycles. The lowest BCUT2D eigenvalue weighted by Crippen LogP contribution is -2.33. The molecule has 130 valence electrons. The van der Waals surface area contributed by atoms with Crippen LogP contribution in [0.1, 0.15) is 35.8 Å². The number of aromatic nitrogens is 1. The van der Waals surface area contributed by atoms with Crippen LogP contribution >= 0.6 is 11.3 Å². The molecule has 0 aromatic carbocycles. The minimum Gasteiger partial charge on any atom is -0.368 e. The van der Waals surface area contributed by atoms with Gasteiger partial charge in [-0.15, -0.1) is 0 Å². The van der Waals surface area contributed by atoms with Crippen molar-refractivity contribution in [2.75, 3.05) is 39.0 Å². The molecule has 24 heavy (non-hydrogen) atoms. The Morgan fingerprint density at radius 2 is 2.04 bits per heavy atom. The van der Waals surface area contributed by atoms with Crippen LogP contribution in [0, 0.1) is 0 Å². The van der Waals surface area contributed by atoms with E-state index in [2.05, 4.69) is 45.9 Å². The zero-order valence-corrected chi connectivity index (χ0v) is 15.6. The zero-order valence-electron chi connectivity index (χ0n) is 14.8. The predicted molar refractivity (Wildman–Crippen MR) is 101 cm³/mol. The average molecular weight is 347 g/mol. The Morgan fingerprint density at radius 3 is 2.62 bits per heavy atom. The smallest absolute Gasteiger partial charge is 0.253 e. The summed E-state index contributed by atoms with van der Waals surface area (Å²) in [6.45, 7) is 7.09. The molecule has 0 aliphatic carbocycles. The van der Waals surface area contributed by atoms with Gasteiger partial charge in [-0.05, 0) is 47.6 Å². The number of hydrogen-bond donors (Lipinski definition) is 1. The number of nitrogens with one attached hydrogen (secondary N) is 1. The third kappa shape index (κ3) is 4.55. The van der Waals surface area contributed by atoms with Gasteiger partial charge in [0.1, 0.15) is 5.82 Å². The second kappa shape index (κ2) is 8.80. The molecule has 1 amide bonds. The maximum atomic E-state index is 12.1. The first-order valence-electron chi connectivity index (χ1n) is 8.24. The van der Waals surface area contributed by atoms with Crippen molar-refractivity contribution in [3.05, 3.63) is 46.3 Å². The van der Waals surface area contributed by atoms with E-state index >= 15 is 0 Å². The number of thiophene rings is 1. The maximum absolute atomic E-state index is 12.1. The normalized spacial score (nSPS) is 12.2. The summed E-state index contributed by atoms with van der Waals surface area (Å²) in [6.07, 6.45) is 1.68. The molecule has 0 saturated carbocycles. The van der Waals surface area contributed by atoms with Gasteiger partial charge < -0.3 is 10.2 Å². The Labute approximate surface area is 148 Å². The highest BCUT2D eigenvalue weighted by molar-refractivity contribution is 7.07. The number of rotatable bonds is 8. The highest BCUT2D eigenvalue weighted by Crippen LogP contribution is 2.23. The number of nitrogens with zero attached hydrogens (tertiary/aromatic N) is 3. The number of anilines is 1. The first kappa shape index (κ1) is 18.4. The van der Waals surface area contributed by atoms with Gasteiger partial charge >= 0.3 is 0 Å². The molecule has 0 fully saturated rings. The van der Waals surface area contributed by atoms with Crippen LogP contribution in [0.5, 0.6) is 0 Å². The third-order valence-electron chi connectivity index (χ3n) is 4.07. The standard InChI is InChI=1S/C18H26N4OS/c1-5-22(6-2)16(15-8-10-24-13-15)12-20-17-11-14(7-9-19-17)18(23)21(3)4/h7-11,13,16H,5-6,12H2,1-4H3,(H,19,20). The van der Waals surface area contributed by atoms with Gasteiger partial charge in [0, 0.05) is 32.4 Å². The number of hydrogen-bond acceptors (Lipinski definition) is 5. The molecule has 1 N–H and O–H groups in total. The Kier molecular flexibility index (Phi) is 6.75. The first-order valence-corrected chi connectivity index (χ1v) is 9.18. The summed E-state index contributed by atoms with van der Waals surface area (Å²) in [5.41, 5.74) is 1.96. The van der Waals surface area contributed by atoms with Crippen LogP contribution in [0.25, 0.3) is 0 Å². The number of amides is 1. The molecular formula is C18H26N4OS. The molecule has 0 saturated heterocycles. The minimum absolute atomic E-state index is 0.0152. The topological polar surface area (TPSA) is 48.5 Å². The van der Waals surface area contributed by atoms with E-state index in [-0.39, 0.29) is 5.91 Å².